The lowest BCUT2D eigenvalue weighted by atomic mass is 10.00. The van der Waals surface area contributed by atoms with Crippen molar-refractivity contribution in [2.24, 2.45) is 10.7 Å². The Balaban J connectivity index is 1.86. The van der Waals surface area contributed by atoms with E-state index in [-0.39, 0.29) is 17.9 Å². The Labute approximate surface area is 221 Å². The fraction of sp³-hybridized carbons (Fsp3) is 0.192. The molecule has 1 aliphatic heterocycles. The number of hydrogen-bond donors (Lipinski definition) is 3. The number of benzodiazepines with no additional fused rings is 1. The average Bonchev–Trinajstić information content (AvgIpc) is 2.98. The van der Waals surface area contributed by atoms with E-state index in [1.807, 2.05) is 6.07 Å². The van der Waals surface area contributed by atoms with Crippen LogP contribution in [0.4, 0.5) is 18.9 Å². The number of benzene rings is 3. The molecule has 11 heteroatoms. The Bertz CT molecular complexity index is 1350. The number of aliphatic imine (C=N–C) groups is 1. The summed E-state index contributed by atoms with van der Waals surface area (Å²) in [5.74, 6) is -1.26. The molecule has 0 radical (unpaired) electrons. The number of halogens is 4. The number of anilines is 1. The summed E-state index contributed by atoms with van der Waals surface area (Å²) >= 11 is 10.3. The molecule has 6 nitrogen and oxygen atoms in total. The maximum atomic E-state index is 13.8. The SMILES string of the molecule is NC(CS)C(=O)NC1N=C(c2ccccc2)c2cc(Cl)ccc2N(Cc2cccc(C(F)(F)F)c2)C1=O. The Kier molecular flexibility index (Phi) is 7.91. The molecule has 2 atom stereocenters. The molecule has 3 aromatic carbocycles. The van der Waals surface area contributed by atoms with E-state index in [9.17, 15) is 22.8 Å². The molecular weight excluding hydrogens is 525 g/mol. The highest BCUT2D eigenvalue weighted by atomic mass is 35.5. The van der Waals surface area contributed by atoms with E-state index in [0.717, 1.165) is 12.1 Å². The van der Waals surface area contributed by atoms with E-state index < -0.39 is 35.8 Å². The molecule has 37 heavy (non-hydrogen) atoms. The van der Waals surface area contributed by atoms with Gasteiger partial charge in [-0.2, -0.15) is 25.8 Å². The first kappa shape index (κ1) is 26.7. The highest BCUT2D eigenvalue weighted by Gasteiger charge is 2.35. The van der Waals surface area contributed by atoms with Gasteiger partial charge in [-0.05, 0) is 35.9 Å². The number of hydrogen-bond acceptors (Lipinski definition) is 5. The molecule has 0 aromatic heterocycles. The van der Waals surface area contributed by atoms with Crippen molar-refractivity contribution in [3.05, 3.63) is 100 Å². The monoisotopic (exact) mass is 546 g/mol. The summed E-state index contributed by atoms with van der Waals surface area (Å²) < 4.78 is 40.0. The third kappa shape index (κ3) is 5.98. The normalized spacial score (nSPS) is 16.5. The fourth-order valence-corrected chi connectivity index (χ4v) is 4.23. The molecule has 0 saturated heterocycles. The molecule has 192 valence electrons. The molecule has 0 saturated carbocycles. The summed E-state index contributed by atoms with van der Waals surface area (Å²) in [5, 5.41) is 2.92. The van der Waals surface area contributed by atoms with E-state index in [1.165, 1.54) is 17.0 Å². The minimum atomic E-state index is -4.55. The van der Waals surface area contributed by atoms with Gasteiger partial charge in [0.25, 0.3) is 5.91 Å². The zero-order chi connectivity index (χ0) is 26.7. The topological polar surface area (TPSA) is 87.8 Å². The molecule has 0 spiro atoms. The number of nitrogens with zero attached hydrogens (tertiary/aromatic N) is 2. The van der Waals surface area contributed by atoms with Crippen LogP contribution >= 0.6 is 24.2 Å². The van der Waals surface area contributed by atoms with Gasteiger partial charge in [0.2, 0.25) is 12.1 Å². The van der Waals surface area contributed by atoms with Crippen LogP contribution in [0.1, 0.15) is 22.3 Å². The van der Waals surface area contributed by atoms with Gasteiger partial charge >= 0.3 is 6.18 Å². The van der Waals surface area contributed by atoms with Gasteiger partial charge in [0.1, 0.15) is 0 Å². The van der Waals surface area contributed by atoms with Crippen LogP contribution in [0.5, 0.6) is 0 Å². The van der Waals surface area contributed by atoms with Crippen LogP contribution in [0.15, 0.2) is 77.8 Å². The standard InChI is InChI=1S/C26H22ClF3N4O2S/c27-18-9-10-21-19(12-18)22(16-6-2-1-3-7-16)32-23(33-24(35)20(31)14-37)25(36)34(21)13-15-5-4-8-17(11-15)26(28,29)30/h1-12,20,23,37H,13-14,31H2,(H,33,35). The van der Waals surface area contributed by atoms with E-state index >= 15 is 0 Å². The number of alkyl halides is 3. The summed E-state index contributed by atoms with van der Waals surface area (Å²) in [7, 11) is 0. The van der Waals surface area contributed by atoms with Crippen LogP contribution in [0.2, 0.25) is 5.02 Å². The lowest BCUT2D eigenvalue weighted by molar-refractivity contribution is -0.137. The first-order valence-electron chi connectivity index (χ1n) is 11.2. The molecule has 1 aliphatic rings. The molecule has 0 aliphatic carbocycles. The van der Waals surface area contributed by atoms with E-state index in [1.54, 1.807) is 42.5 Å². The Morgan fingerprint density at radius 1 is 1.11 bits per heavy atom. The van der Waals surface area contributed by atoms with Gasteiger partial charge in [-0.1, -0.05) is 54.1 Å². The number of carbonyl (C=O) groups excluding carboxylic acids is 2. The molecule has 3 N–H and O–H groups in total. The number of thiol groups is 1. The number of fused-ring (bicyclic) bond motifs is 1. The van der Waals surface area contributed by atoms with Crippen molar-refractivity contribution in [1.82, 2.24) is 5.32 Å². The summed E-state index contributed by atoms with van der Waals surface area (Å²) in [6, 6.07) is 17.5. The fourth-order valence-electron chi connectivity index (χ4n) is 3.89. The summed E-state index contributed by atoms with van der Waals surface area (Å²) in [6.45, 7) is -0.208. The molecule has 3 aromatic rings. The average molecular weight is 547 g/mol. The highest BCUT2D eigenvalue weighted by Crippen LogP contribution is 2.33. The third-order valence-electron chi connectivity index (χ3n) is 5.72. The Hall–Kier alpha value is -3.34. The second-order valence-electron chi connectivity index (χ2n) is 8.33. The van der Waals surface area contributed by atoms with Crippen LogP contribution in [0, 0.1) is 0 Å². The zero-order valence-corrected chi connectivity index (χ0v) is 20.9. The molecule has 2 unspecified atom stereocenters. The Morgan fingerprint density at radius 3 is 2.51 bits per heavy atom. The van der Waals surface area contributed by atoms with Crippen LogP contribution in [-0.2, 0) is 22.3 Å². The van der Waals surface area contributed by atoms with Crippen molar-refractivity contribution in [3.8, 4) is 0 Å². The van der Waals surface area contributed by atoms with Gasteiger partial charge in [0.15, 0.2) is 0 Å². The largest absolute Gasteiger partial charge is 0.416 e. The maximum absolute atomic E-state index is 13.8. The molecule has 2 amide bonds. The summed E-state index contributed by atoms with van der Waals surface area (Å²) in [4.78, 5) is 32.3. The van der Waals surface area contributed by atoms with Gasteiger partial charge in [-0.15, -0.1) is 0 Å². The summed E-state index contributed by atoms with van der Waals surface area (Å²) in [5.41, 5.74) is 7.09. The number of nitrogens with two attached hydrogens (primary N) is 1. The minimum Gasteiger partial charge on any atom is -0.325 e. The zero-order valence-electron chi connectivity index (χ0n) is 19.2. The number of carbonyl (C=O) groups is 2. The van der Waals surface area contributed by atoms with Gasteiger partial charge < -0.3 is 16.0 Å². The smallest absolute Gasteiger partial charge is 0.325 e. The van der Waals surface area contributed by atoms with Crippen molar-refractivity contribution in [2.75, 3.05) is 10.7 Å². The second kappa shape index (κ2) is 11.0. The molecule has 0 fully saturated rings. The molecule has 4 rings (SSSR count). The van der Waals surface area contributed by atoms with Gasteiger partial charge in [0, 0.05) is 21.9 Å². The van der Waals surface area contributed by atoms with Crippen LogP contribution in [0.3, 0.4) is 0 Å². The van der Waals surface area contributed by atoms with E-state index in [2.05, 4.69) is 22.9 Å². The Morgan fingerprint density at radius 2 is 1.84 bits per heavy atom. The predicted molar refractivity (Wildman–Crippen MR) is 140 cm³/mol. The predicted octanol–water partition coefficient (Wildman–Crippen LogP) is 4.44. The first-order chi connectivity index (χ1) is 17.6. The van der Waals surface area contributed by atoms with Crippen molar-refractivity contribution in [3.63, 3.8) is 0 Å². The lowest BCUT2D eigenvalue weighted by Crippen LogP contribution is -2.52. The quantitative estimate of drug-likeness (QED) is 0.399. The van der Waals surface area contributed by atoms with Crippen LogP contribution in [-0.4, -0.2) is 35.5 Å². The number of rotatable bonds is 6. The van der Waals surface area contributed by atoms with Crippen LogP contribution in [0.25, 0.3) is 0 Å². The van der Waals surface area contributed by atoms with Gasteiger partial charge in [-0.3, -0.25) is 9.59 Å². The maximum Gasteiger partial charge on any atom is 0.416 e. The molecular formula is C26H22ClF3N4O2S. The van der Waals surface area contributed by atoms with Crippen molar-refractivity contribution < 1.29 is 22.8 Å². The van der Waals surface area contributed by atoms with Gasteiger partial charge in [-0.25, -0.2) is 4.99 Å². The molecule has 1 heterocycles. The number of nitrogens with one attached hydrogen (secondary N) is 1. The van der Waals surface area contributed by atoms with Crippen molar-refractivity contribution >= 4 is 47.4 Å². The van der Waals surface area contributed by atoms with Crippen molar-refractivity contribution in [1.29, 1.82) is 0 Å². The second-order valence-corrected chi connectivity index (χ2v) is 9.13. The lowest BCUT2D eigenvalue weighted by Gasteiger charge is -2.26. The van der Waals surface area contributed by atoms with E-state index in [4.69, 9.17) is 17.3 Å². The third-order valence-corrected chi connectivity index (χ3v) is 6.35. The van der Waals surface area contributed by atoms with E-state index in [0.29, 0.717) is 27.5 Å². The number of amides is 2. The van der Waals surface area contributed by atoms with Gasteiger partial charge in [0.05, 0.1) is 29.5 Å². The van der Waals surface area contributed by atoms with Crippen molar-refractivity contribution in [2.45, 2.75) is 24.9 Å². The molecule has 0 bridgehead atoms. The minimum absolute atomic E-state index is 0.0335. The van der Waals surface area contributed by atoms with Crippen LogP contribution < -0.4 is 16.0 Å². The summed E-state index contributed by atoms with van der Waals surface area (Å²) in [6.07, 6.45) is -5.95. The first-order valence-corrected chi connectivity index (χ1v) is 12.2. The highest BCUT2D eigenvalue weighted by molar-refractivity contribution is 7.80.